The van der Waals surface area contributed by atoms with Gasteiger partial charge in [0.2, 0.25) is 5.91 Å². The molecule has 0 radical (unpaired) electrons. The second-order valence-corrected chi connectivity index (χ2v) is 7.64. The number of halogens is 2. The molecule has 31 heavy (non-hydrogen) atoms. The van der Waals surface area contributed by atoms with Crippen LogP contribution in [0.5, 0.6) is 0 Å². The van der Waals surface area contributed by atoms with Gasteiger partial charge in [0, 0.05) is 36.2 Å². The first-order valence-corrected chi connectivity index (χ1v) is 10.0. The first-order chi connectivity index (χ1) is 14.9. The Hall–Kier alpha value is -3.55. The summed E-state index contributed by atoms with van der Waals surface area (Å²) >= 11 is 0. The summed E-state index contributed by atoms with van der Waals surface area (Å²) in [4.78, 5) is 26.3. The molecule has 2 amide bonds. The molecule has 1 N–H and O–H groups in total. The Labute approximate surface area is 178 Å². The lowest BCUT2D eigenvalue weighted by Gasteiger charge is -2.15. The highest BCUT2D eigenvalue weighted by Gasteiger charge is 2.20. The van der Waals surface area contributed by atoms with Crippen molar-refractivity contribution in [3.05, 3.63) is 82.5 Å². The highest BCUT2D eigenvalue weighted by molar-refractivity contribution is 6.04. The van der Waals surface area contributed by atoms with Gasteiger partial charge in [0.1, 0.15) is 17.5 Å². The Morgan fingerprint density at radius 1 is 1.13 bits per heavy atom. The Bertz CT molecular complexity index is 1130. The molecule has 1 aromatic heterocycles. The van der Waals surface area contributed by atoms with Gasteiger partial charge in [-0.2, -0.15) is 5.10 Å². The Kier molecular flexibility index (Phi) is 5.79. The van der Waals surface area contributed by atoms with E-state index in [0.717, 1.165) is 36.7 Å². The van der Waals surface area contributed by atoms with Gasteiger partial charge in [-0.15, -0.1) is 0 Å². The molecule has 3 aromatic rings. The van der Waals surface area contributed by atoms with Gasteiger partial charge in [0.15, 0.2) is 0 Å². The van der Waals surface area contributed by atoms with Gasteiger partial charge >= 0.3 is 0 Å². The van der Waals surface area contributed by atoms with Crippen LogP contribution in [0.1, 0.15) is 39.9 Å². The van der Waals surface area contributed by atoms with E-state index in [9.17, 15) is 18.4 Å². The number of anilines is 1. The summed E-state index contributed by atoms with van der Waals surface area (Å²) in [6, 6.07) is 10.3. The van der Waals surface area contributed by atoms with E-state index in [1.54, 1.807) is 25.3 Å². The van der Waals surface area contributed by atoms with Crippen LogP contribution in [-0.4, -0.2) is 33.0 Å². The highest BCUT2D eigenvalue weighted by Crippen LogP contribution is 2.20. The molecule has 1 fully saturated rings. The predicted octanol–water partition coefficient (Wildman–Crippen LogP) is 3.89. The fraction of sp³-hybridized carbons (Fsp3) is 0.261. The number of aryl methyl sites for hydroxylation is 1. The number of likely N-dealkylation sites (tertiary alicyclic amines) is 1. The van der Waals surface area contributed by atoms with Crippen LogP contribution in [0.3, 0.4) is 0 Å². The van der Waals surface area contributed by atoms with Crippen LogP contribution >= 0.6 is 0 Å². The molecule has 8 heteroatoms. The van der Waals surface area contributed by atoms with E-state index in [1.807, 2.05) is 17.0 Å². The molecule has 0 aliphatic carbocycles. The van der Waals surface area contributed by atoms with Gasteiger partial charge in [-0.1, -0.05) is 12.1 Å². The average molecular weight is 424 g/mol. The third-order valence-corrected chi connectivity index (χ3v) is 5.34. The first kappa shape index (κ1) is 20.7. The number of hydrogen-bond acceptors (Lipinski definition) is 3. The molecule has 4 rings (SSSR count). The number of rotatable bonds is 6. The highest BCUT2D eigenvalue weighted by atomic mass is 19.1. The van der Waals surface area contributed by atoms with E-state index in [1.165, 1.54) is 4.68 Å². The normalized spacial score (nSPS) is 13.6. The second kappa shape index (κ2) is 8.67. The van der Waals surface area contributed by atoms with Crippen molar-refractivity contribution in [3.8, 4) is 0 Å². The van der Waals surface area contributed by atoms with Crippen LogP contribution in [0, 0.1) is 18.6 Å². The minimum atomic E-state index is -0.543. The van der Waals surface area contributed by atoms with E-state index < -0.39 is 11.6 Å². The summed E-state index contributed by atoms with van der Waals surface area (Å²) in [7, 11) is 0. The lowest BCUT2D eigenvalue weighted by molar-refractivity contribution is -0.128. The van der Waals surface area contributed by atoms with Crippen LogP contribution in [0.4, 0.5) is 14.6 Å². The lowest BCUT2D eigenvalue weighted by atomic mass is 10.1. The van der Waals surface area contributed by atoms with Crippen LogP contribution in [0.15, 0.2) is 48.7 Å². The molecule has 0 atom stereocenters. The van der Waals surface area contributed by atoms with Gasteiger partial charge in [-0.25, -0.2) is 13.5 Å². The molecule has 0 bridgehead atoms. The maximum atomic E-state index is 14.0. The predicted molar refractivity (Wildman–Crippen MR) is 111 cm³/mol. The van der Waals surface area contributed by atoms with Crippen LogP contribution in [0.2, 0.25) is 0 Å². The number of benzene rings is 2. The largest absolute Gasteiger partial charge is 0.338 e. The molecular formula is C23H22F2N4O2. The van der Waals surface area contributed by atoms with Crippen LogP contribution < -0.4 is 5.32 Å². The smallest absolute Gasteiger partial charge is 0.256 e. The van der Waals surface area contributed by atoms with Crippen molar-refractivity contribution in [3.63, 3.8) is 0 Å². The summed E-state index contributed by atoms with van der Waals surface area (Å²) in [5.74, 6) is -0.852. The number of carbonyl (C=O) groups excluding carboxylic acids is 2. The fourth-order valence-corrected chi connectivity index (χ4v) is 3.62. The molecule has 2 heterocycles. The van der Waals surface area contributed by atoms with E-state index in [0.29, 0.717) is 29.9 Å². The zero-order chi connectivity index (χ0) is 22.0. The number of amides is 2. The minimum Gasteiger partial charge on any atom is -0.338 e. The summed E-state index contributed by atoms with van der Waals surface area (Å²) in [5, 5.41) is 6.99. The third kappa shape index (κ3) is 4.63. The SMILES string of the molecule is Cc1cnn(Cc2cc(F)ccc2F)c1NC(=O)c1ccc(CN2CCCC2=O)cc1. The maximum absolute atomic E-state index is 14.0. The first-order valence-electron chi connectivity index (χ1n) is 10.0. The van der Waals surface area contributed by atoms with E-state index in [4.69, 9.17) is 0 Å². The zero-order valence-electron chi connectivity index (χ0n) is 17.1. The van der Waals surface area contributed by atoms with Gasteiger partial charge in [0.25, 0.3) is 5.91 Å². The number of nitrogens with zero attached hydrogens (tertiary/aromatic N) is 3. The van der Waals surface area contributed by atoms with Crippen molar-refractivity contribution in [2.45, 2.75) is 32.9 Å². The summed E-state index contributed by atoms with van der Waals surface area (Å²) in [6.07, 6.45) is 3.03. The molecule has 1 saturated heterocycles. The van der Waals surface area contributed by atoms with Crippen molar-refractivity contribution in [1.82, 2.24) is 14.7 Å². The van der Waals surface area contributed by atoms with Crippen molar-refractivity contribution < 1.29 is 18.4 Å². The van der Waals surface area contributed by atoms with Crippen molar-refractivity contribution in [2.75, 3.05) is 11.9 Å². The van der Waals surface area contributed by atoms with Crippen LogP contribution in [-0.2, 0) is 17.9 Å². The molecule has 160 valence electrons. The number of nitrogens with one attached hydrogen (secondary N) is 1. The quantitative estimate of drug-likeness (QED) is 0.653. The Balaban J connectivity index is 1.47. The number of hydrogen-bond donors (Lipinski definition) is 1. The van der Waals surface area contributed by atoms with Gasteiger partial charge in [-0.05, 0) is 49.2 Å². The Morgan fingerprint density at radius 2 is 1.90 bits per heavy atom. The minimum absolute atomic E-state index is 0.0180. The average Bonchev–Trinajstić information content (AvgIpc) is 3.31. The number of aromatic nitrogens is 2. The van der Waals surface area contributed by atoms with Crippen molar-refractivity contribution in [1.29, 1.82) is 0 Å². The van der Waals surface area contributed by atoms with E-state index in [-0.39, 0.29) is 23.9 Å². The van der Waals surface area contributed by atoms with Gasteiger partial charge < -0.3 is 10.2 Å². The molecule has 1 aliphatic rings. The lowest BCUT2D eigenvalue weighted by Crippen LogP contribution is -2.23. The monoisotopic (exact) mass is 424 g/mol. The summed E-state index contributed by atoms with van der Waals surface area (Å²) in [5.41, 5.74) is 2.24. The molecule has 1 aliphatic heterocycles. The summed E-state index contributed by atoms with van der Waals surface area (Å²) in [6.45, 7) is 3.05. The molecule has 0 saturated carbocycles. The van der Waals surface area contributed by atoms with Gasteiger partial charge in [-0.3, -0.25) is 9.59 Å². The second-order valence-electron chi connectivity index (χ2n) is 7.64. The van der Waals surface area contributed by atoms with Gasteiger partial charge in [0.05, 0.1) is 12.7 Å². The summed E-state index contributed by atoms with van der Waals surface area (Å²) < 4.78 is 28.9. The number of carbonyl (C=O) groups is 2. The van der Waals surface area contributed by atoms with Crippen LogP contribution in [0.25, 0.3) is 0 Å². The van der Waals surface area contributed by atoms with Crippen molar-refractivity contribution >= 4 is 17.6 Å². The zero-order valence-corrected chi connectivity index (χ0v) is 17.1. The standard InChI is InChI=1S/C23H22F2N4O2/c1-15-12-26-29(14-18-11-19(24)8-9-20(18)25)22(15)27-23(31)17-6-4-16(5-7-17)13-28-10-2-3-21(28)30/h4-9,11-12H,2-3,10,13-14H2,1H3,(H,27,31). The maximum Gasteiger partial charge on any atom is 0.256 e. The molecule has 0 unspecified atom stereocenters. The topological polar surface area (TPSA) is 67.2 Å². The van der Waals surface area contributed by atoms with Crippen molar-refractivity contribution in [2.24, 2.45) is 0 Å². The molecule has 2 aromatic carbocycles. The third-order valence-electron chi connectivity index (χ3n) is 5.34. The van der Waals surface area contributed by atoms with E-state index in [2.05, 4.69) is 10.4 Å². The molecule has 6 nitrogen and oxygen atoms in total. The Morgan fingerprint density at radius 3 is 2.61 bits per heavy atom. The molecular weight excluding hydrogens is 402 g/mol. The fourth-order valence-electron chi connectivity index (χ4n) is 3.62. The molecule has 0 spiro atoms. The van der Waals surface area contributed by atoms with E-state index >= 15 is 0 Å².